The lowest BCUT2D eigenvalue weighted by molar-refractivity contribution is -0.168. The second-order valence-electron chi connectivity index (χ2n) is 11.9. The Balaban J connectivity index is 2.19. The van der Waals surface area contributed by atoms with Gasteiger partial charge < -0.3 is 9.64 Å². The highest BCUT2D eigenvalue weighted by atomic mass is 32.1. The maximum atomic E-state index is 14.2. The predicted octanol–water partition coefficient (Wildman–Crippen LogP) is 6.29. The molecule has 6 nitrogen and oxygen atoms in total. The third-order valence-electron chi connectivity index (χ3n) is 6.29. The first-order valence-electron chi connectivity index (χ1n) is 12.2. The van der Waals surface area contributed by atoms with E-state index in [0.29, 0.717) is 17.0 Å². The molecule has 1 saturated heterocycles. The highest BCUT2D eigenvalue weighted by Gasteiger charge is 2.61. The van der Waals surface area contributed by atoms with Crippen molar-refractivity contribution in [2.45, 2.75) is 90.8 Å². The summed E-state index contributed by atoms with van der Waals surface area (Å²) in [4.78, 5) is 34.2. The Kier molecular flexibility index (Phi) is 7.48. The topological polar surface area (TPSA) is 83.3 Å². The zero-order chi connectivity index (χ0) is 26.2. The van der Waals surface area contributed by atoms with Crippen LogP contribution in [0.1, 0.15) is 95.2 Å². The zero-order valence-electron chi connectivity index (χ0n) is 22.1. The molecule has 3 rings (SSSR count). The van der Waals surface area contributed by atoms with E-state index in [1.165, 1.54) is 11.3 Å². The van der Waals surface area contributed by atoms with Gasteiger partial charge in [0.15, 0.2) is 0 Å². The highest BCUT2D eigenvalue weighted by molar-refractivity contribution is 7.09. The summed E-state index contributed by atoms with van der Waals surface area (Å²) in [6.45, 7) is 15.9. The van der Waals surface area contributed by atoms with Gasteiger partial charge in [0, 0.05) is 17.1 Å². The molecule has 1 fully saturated rings. The quantitative estimate of drug-likeness (QED) is 0.455. The standard InChI is InChI=1S/C28H37N3O3S/c1-18(2)15-28(25(33)34-27(6,7)8)16-20(17-29)22(23-30-13-14-35-23)31(28)24(32)19-9-11-21(12-10-19)26(3,4)5/h9-14,18,20,22H,15-16H2,1-8H3/t20?,22-,28+/m1/s1. The number of hydrogen-bond donors (Lipinski definition) is 0. The van der Waals surface area contributed by atoms with E-state index in [-0.39, 0.29) is 23.7 Å². The van der Waals surface area contributed by atoms with Gasteiger partial charge >= 0.3 is 5.97 Å². The number of thiazole rings is 1. The number of benzene rings is 1. The van der Waals surface area contributed by atoms with E-state index in [1.54, 1.807) is 11.1 Å². The van der Waals surface area contributed by atoms with Crippen molar-refractivity contribution in [1.82, 2.24) is 9.88 Å². The first-order valence-corrected chi connectivity index (χ1v) is 13.0. The molecular formula is C28H37N3O3S. The number of amides is 1. The van der Waals surface area contributed by atoms with Gasteiger partial charge in [-0.2, -0.15) is 5.26 Å². The number of hydrogen-bond acceptors (Lipinski definition) is 6. The largest absolute Gasteiger partial charge is 0.458 e. The molecule has 1 unspecified atom stereocenters. The molecule has 0 spiro atoms. The SMILES string of the molecule is CC(C)C[C@@]1(C(=O)OC(C)(C)C)CC(C#N)[C@H](c2nccs2)N1C(=O)c1ccc(C(C)(C)C)cc1. The summed E-state index contributed by atoms with van der Waals surface area (Å²) in [5.41, 5.74) is -0.455. The fraction of sp³-hybridized carbons (Fsp3) is 0.571. The molecule has 1 aromatic carbocycles. The maximum absolute atomic E-state index is 14.2. The zero-order valence-corrected chi connectivity index (χ0v) is 22.9. The Morgan fingerprint density at radius 1 is 1.20 bits per heavy atom. The van der Waals surface area contributed by atoms with Gasteiger partial charge in [0.2, 0.25) is 0 Å². The van der Waals surface area contributed by atoms with Crippen LogP contribution in [-0.4, -0.2) is 32.9 Å². The van der Waals surface area contributed by atoms with E-state index < -0.39 is 29.1 Å². The van der Waals surface area contributed by atoms with Crippen molar-refractivity contribution < 1.29 is 14.3 Å². The van der Waals surface area contributed by atoms with Crippen LogP contribution in [0, 0.1) is 23.2 Å². The molecule has 35 heavy (non-hydrogen) atoms. The molecule has 0 radical (unpaired) electrons. The number of nitrogens with zero attached hydrogens (tertiary/aromatic N) is 3. The summed E-state index contributed by atoms with van der Waals surface area (Å²) in [6, 6.07) is 9.31. The fourth-order valence-electron chi connectivity index (χ4n) is 4.87. The first-order chi connectivity index (χ1) is 16.2. The van der Waals surface area contributed by atoms with E-state index in [1.807, 2.05) is 64.3 Å². The number of ether oxygens (including phenoxy) is 1. The first kappa shape index (κ1) is 26.9. The molecular weight excluding hydrogens is 458 g/mol. The average molecular weight is 496 g/mol. The van der Waals surface area contributed by atoms with Crippen LogP contribution in [0.5, 0.6) is 0 Å². The van der Waals surface area contributed by atoms with Crippen LogP contribution in [-0.2, 0) is 14.9 Å². The van der Waals surface area contributed by atoms with Crippen molar-refractivity contribution in [3.05, 3.63) is 52.0 Å². The summed E-state index contributed by atoms with van der Waals surface area (Å²) >= 11 is 1.40. The molecule has 2 heterocycles. The number of esters is 1. The summed E-state index contributed by atoms with van der Waals surface area (Å²) < 4.78 is 5.91. The van der Waals surface area contributed by atoms with E-state index in [9.17, 15) is 14.9 Å². The Hall–Kier alpha value is -2.72. The molecule has 1 amide bonds. The monoisotopic (exact) mass is 495 g/mol. The average Bonchev–Trinajstić information content (AvgIpc) is 3.37. The van der Waals surface area contributed by atoms with Crippen molar-refractivity contribution in [2.75, 3.05) is 0 Å². The van der Waals surface area contributed by atoms with Crippen molar-refractivity contribution in [3.8, 4) is 6.07 Å². The van der Waals surface area contributed by atoms with Gasteiger partial charge in [-0.15, -0.1) is 11.3 Å². The molecule has 1 aliphatic rings. The molecule has 2 aromatic rings. The van der Waals surface area contributed by atoms with Gasteiger partial charge in [-0.25, -0.2) is 9.78 Å². The summed E-state index contributed by atoms with van der Waals surface area (Å²) in [7, 11) is 0. The van der Waals surface area contributed by atoms with Crippen molar-refractivity contribution in [3.63, 3.8) is 0 Å². The van der Waals surface area contributed by atoms with Crippen LogP contribution in [0.4, 0.5) is 0 Å². The normalized spacial score (nSPS) is 22.8. The van der Waals surface area contributed by atoms with E-state index in [4.69, 9.17) is 4.74 Å². The van der Waals surface area contributed by atoms with Crippen LogP contribution in [0.15, 0.2) is 35.8 Å². The highest BCUT2D eigenvalue weighted by Crippen LogP contribution is 2.51. The van der Waals surface area contributed by atoms with Crippen molar-refractivity contribution in [2.24, 2.45) is 11.8 Å². The number of carbonyl (C=O) groups is 2. The van der Waals surface area contributed by atoms with Gasteiger partial charge in [-0.05, 0) is 62.6 Å². The molecule has 1 aliphatic heterocycles. The summed E-state index contributed by atoms with van der Waals surface area (Å²) in [5, 5.41) is 12.6. The van der Waals surface area contributed by atoms with Gasteiger partial charge in [-0.3, -0.25) is 4.79 Å². The van der Waals surface area contributed by atoms with Crippen LogP contribution in [0.2, 0.25) is 0 Å². The minimum absolute atomic E-state index is 0.0531. The second-order valence-corrected chi connectivity index (χ2v) is 12.8. The lowest BCUT2D eigenvalue weighted by atomic mass is 9.83. The predicted molar refractivity (Wildman–Crippen MR) is 138 cm³/mol. The lowest BCUT2D eigenvalue weighted by Gasteiger charge is -2.41. The van der Waals surface area contributed by atoms with Gasteiger partial charge in [0.05, 0.1) is 12.0 Å². The Bertz CT molecular complexity index is 1090. The molecule has 1 aromatic heterocycles. The van der Waals surface area contributed by atoms with Crippen LogP contribution in [0.3, 0.4) is 0 Å². The molecule has 0 aliphatic carbocycles. The third kappa shape index (κ3) is 5.59. The van der Waals surface area contributed by atoms with Gasteiger partial charge in [0.1, 0.15) is 22.2 Å². The van der Waals surface area contributed by atoms with Gasteiger partial charge in [0.25, 0.3) is 5.91 Å². The number of carbonyl (C=O) groups excluding carboxylic acids is 2. The number of aromatic nitrogens is 1. The smallest absolute Gasteiger partial charge is 0.332 e. The van der Waals surface area contributed by atoms with Crippen molar-refractivity contribution in [1.29, 1.82) is 5.26 Å². The minimum Gasteiger partial charge on any atom is -0.458 e. The summed E-state index contributed by atoms with van der Waals surface area (Å²) in [5.74, 6) is -1.23. The fourth-order valence-corrected chi connectivity index (χ4v) is 5.66. The summed E-state index contributed by atoms with van der Waals surface area (Å²) in [6.07, 6.45) is 2.28. The molecule has 0 saturated carbocycles. The maximum Gasteiger partial charge on any atom is 0.332 e. The number of rotatable bonds is 5. The number of nitriles is 1. The van der Waals surface area contributed by atoms with E-state index in [0.717, 1.165) is 5.56 Å². The third-order valence-corrected chi connectivity index (χ3v) is 7.14. The Morgan fingerprint density at radius 3 is 2.29 bits per heavy atom. The molecule has 188 valence electrons. The molecule has 0 N–H and O–H groups in total. The lowest BCUT2D eigenvalue weighted by Crippen LogP contribution is -2.56. The Labute approximate surface area is 213 Å². The minimum atomic E-state index is -1.27. The molecule has 7 heteroatoms. The van der Waals surface area contributed by atoms with Crippen LogP contribution in [0.25, 0.3) is 0 Å². The van der Waals surface area contributed by atoms with Crippen LogP contribution < -0.4 is 0 Å². The van der Waals surface area contributed by atoms with E-state index >= 15 is 0 Å². The van der Waals surface area contributed by atoms with Gasteiger partial charge in [-0.1, -0.05) is 46.8 Å². The van der Waals surface area contributed by atoms with Crippen molar-refractivity contribution >= 4 is 23.2 Å². The second kappa shape index (κ2) is 9.73. The Morgan fingerprint density at radius 2 is 1.83 bits per heavy atom. The number of likely N-dealkylation sites (tertiary alicyclic amines) is 1. The molecule has 0 bridgehead atoms. The van der Waals surface area contributed by atoms with Crippen LogP contribution >= 0.6 is 11.3 Å². The molecule has 3 atom stereocenters. The van der Waals surface area contributed by atoms with E-state index in [2.05, 4.69) is 31.8 Å².